The fourth-order valence-electron chi connectivity index (χ4n) is 13.4. The molecule has 0 amide bonds. The fourth-order valence-corrected chi connectivity index (χ4v) is 15.8. The molecular weight excluding hydrogens is 987 g/mol. The third-order valence-electron chi connectivity index (χ3n) is 17.4. The van der Waals surface area contributed by atoms with Gasteiger partial charge in [-0.25, -0.2) is 0 Å². The fraction of sp³-hybridized carbons (Fsp3) is 0.229. The Kier molecular flexibility index (Phi) is 11.5. The molecule has 0 spiro atoms. The van der Waals surface area contributed by atoms with Gasteiger partial charge in [0.15, 0.2) is 0 Å². The summed E-state index contributed by atoms with van der Waals surface area (Å²) in [5.74, 6) is 3.53. The van der Waals surface area contributed by atoms with E-state index in [9.17, 15) is 0 Å². The summed E-state index contributed by atoms with van der Waals surface area (Å²) in [5, 5.41) is 5.26. The van der Waals surface area contributed by atoms with Crippen molar-refractivity contribution in [1.29, 1.82) is 0 Å². The van der Waals surface area contributed by atoms with Gasteiger partial charge in [-0.3, -0.25) is 0 Å². The number of benzene rings is 9. The van der Waals surface area contributed by atoms with Gasteiger partial charge in [0.25, 0.3) is 13.4 Å². The van der Waals surface area contributed by atoms with E-state index in [1.807, 2.05) is 23.5 Å². The maximum absolute atomic E-state index is 7.39. The molecule has 0 radical (unpaired) electrons. The first-order valence-corrected chi connectivity index (χ1v) is 30.3. The van der Waals surface area contributed by atoms with Crippen LogP contribution in [-0.4, -0.2) is 22.6 Å². The first-order valence-electron chi connectivity index (χ1n) is 28.7. The lowest BCUT2D eigenvalue weighted by Crippen LogP contribution is -2.61. The highest BCUT2D eigenvalue weighted by Crippen LogP contribution is 2.45. The summed E-state index contributed by atoms with van der Waals surface area (Å²) in [7, 11) is 0. The van der Waals surface area contributed by atoms with Crippen molar-refractivity contribution in [2.75, 3.05) is 0 Å². The molecule has 0 saturated carbocycles. The molecule has 0 fully saturated rings. The van der Waals surface area contributed by atoms with Crippen LogP contribution in [-0.2, 0) is 24.7 Å². The zero-order valence-corrected chi connectivity index (χ0v) is 47.2. The number of rotatable bonds is 11. The van der Waals surface area contributed by atoms with Crippen LogP contribution < -0.4 is 42.3 Å². The van der Waals surface area contributed by atoms with Gasteiger partial charge in [-0.1, -0.05) is 162 Å². The molecule has 0 unspecified atom stereocenters. The molecule has 4 aliphatic heterocycles. The topological polar surface area (TPSA) is 28.3 Å². The van der Waals surface area contributed by atoms with E-state index in [1.54, 1.807) is 0 Å². The van der Waals surface area contributed by atoms with Gasteiger partial charge in [-0.05, 0) is 161 Å². The van der Waals surface area contributed by atoms with E-state index in [-0.39, 0.29) is 18.8 Å². The monoisotopic (exact) mass is 1050 g/mol. The molecule has 11 aromatic rings. The predicted molar refractivity (Wildman–Crippen MR) is 333 cm³/mol. The average molecular weight is 1050 g/mol. The number of aryl methyl sites for hydroxylation is 3. The van der Waals surface area contributed by atoms with E-state index in [2.05, 4.69) is 208 Å². The normalized spacial score (nSPS) is 13.8. The second kappa shape index (κ2) is 18.6. The number of ether oxygens (including phenoxy) is 2. The highest BCUT2D eigenvalue weighted by Gasteiger charge is 2.45. The van der Waals surface area contributed by atoms with Crippen molar-refractivity contribution in [3.63, 3.8) is 0 Å². The molecule has 9 aromatic carbocycles. The van der Waals surface area contributed by atoms with Crippen LogP contribution >= 0.6 is 23.5 Å². The molecular formula is C70H62B2N2O2S2. The van der Waals surface area contributed by atoms with Crippen molar-refractivity contribution in [2.24, 2.45) is 0 Å². The summed E-state index contributed by atoms with van der Waals surface area (Å²) >= 11 is 3.76. The maximum atomic E-state index is 7.39. The van der Waals surface area contributed by atoms with Crippen molar-refractivity contribution in [2.45, 2.75) is 124 Å². The number of aromatic nitrogens is 2. The molecule has 4 aliphatic rings. The molecule has 6 heterocycles. The Morgan fingerprint density at radius 3 is 1.23 bits per heavy atom. The van der Waals surface area contributed by atoms with E-state index in [0.717, 1.165) is 53.6 Å². The molecule has 15 rings (SSSR count). The minimum atomic E-state index is -0.0131. The molecule has 78 heavy (non-hydrogen) atoms. The Labute approximate surface area is 467 Å². The summed E-state index contributed by atoms with van der Waals surface area (Å²) < 4.78 is 19.8. The highest BCUT2D eigenvalue weighted by molar-refractivity contribution is 8.00. The van der Waals surface area contributed by atoms with Crippen molar-refractivity contribution in [3.05, 3.63) is 180 Å². The molecule has 0 N–H and O–H groups in total. The van der Waals surface area contributed by atoms with Crippen LogP contribution in [0, 0.1) is 0 Å². The van der Waals surface area contributed by atoms with Gasteiger partial charge in [-0.2, -0.15) is 0 Å². The number of nitrogens with zero attached hydrogens (tertiary/aromatic N) is 2. The van der Waals surface area contributed by atoms with E-state index < -0.39 is 0 Å². The van der Waals surface area contributed by atoms with E-state index in [1.165, 1.54) is 157 Å². The number of fused-ring (bicyclic) bond motifs is 14. The molecule has 8 heteroatoms. The zero-order chi connectivity index (χ0) is 52.6. The van der Waals surface area contributed by atoms with E-state index in [4.69, 9.17) is 9.47 Å². The van der Waals surface area contributed by atoms with Gasteiger partial charge in [0.2, 0.25) is 0 Å². The summed E-state index contributed by atoms with van der Waals surface area (Å²) in [4.78, 5) is 5.07. The first-order chi connectivity index (χ1) is 38.1. The summed E-state index contributed by atoms with van der Waals surface area (Å²) in [6.45, 7) is 13.8. The van der Waals surface area contributed by atoms with E-state index in [0.29, 0.717) is 0 Å². The summed E-state index contributed by atoms with van der Waals surface area (Å²) in [6.07, 6.45) is 10.4. The van der Waals surface area contributed by atoms with Crippen LogP contribution in [0.5, 0.6) is 23.0 Å². The lowest BCUT2D eigenvalue weighted by molar-refractivity contribution is 0.464. The molecule has 2 aromatic heterocycles. The van der Waals surface area contributed by atoms with Gasteiger partial charge < -0.3 is 18.6 Å². The van der Waals surface area contributed by atoms with E-state index >= 15 is 0 Å². The third kappa shape index (κ3) is 7.59. The van der Waals surface area contributed by atoms with Crippen LogP contribution in [0.15, 0.2) is 177 Å². The van der Waals surface area contributed by atoms with Crippen LogP contribution in [0.3, 0.4) is 0 Å². The standard InChI is InChI=1S/C70H62B2N2O2S2/c1-7-10-17-42-24-28-56-48(32-42)49-33-43(18-11-8-2)25-29-57(49)73(56)46-36-62-68-66(38-46)77-64-22-15-13-20-52(64)71(68)54-40-55-61(41-60(54)75-62)76-63-37-47(39-67-69(63)72(55)53-21-14-16-23-65(53)78-67)74-58-30-26-44(19-12-9-3)34-50(58)51-35-45(70(4,5)6)27-31-59(51)74/h13-16,20-41H,7-12,17-19H2,1-6H3. The Balaban J connectivity index is 0.899. The smallest absolute Gasteiger partial charge is 0.253 e. The Hall–Kier alpha value is -6.99. The first kappa shape index (κ1) is 48.2. The molecule has 382 valence electrons. The van der Waals surface area contributed by atoms with Crippen LogP contribution in [0.2, 0.25) is 0 Å². The lowest BCUT2D eigenvalue weighted by atomic mass is 9.32. The number of hydrogen-bond acceptors (Lipinski definition) is 4. The lowest BCUT2D eigenvalue weighted by Gasteiger charge is -2.37. The van der Waals surface area contributed by atoms with Gasteiger partial charge in [0.05, 0.1) is 33.4 Å². The van der Waals surface area contributed by atoms with Gasteiger partial charge >= 0.3 is 0 Å². The SMILES string of the molecule is CCCCc1ccc2c(c1)c1cc(CCCC)ccc1n2-c1cc2c3c(c1)Sc1ccccc1B3c1cc3c(cc1O2)Oc1cc(-n2c4ccc(CCCC)cc4c4cc(C(C)(C)C)ccc42)cc2c1B3c1ccccc1S2. The minimum absolute atomic E-state index is 0.0102. The predicted octanol–water partition coefficient (Wildman–Crippen LogP) is 15.4. The van der Waals surface area contributed by atoms with Crippen LogP contribution in [0.25, 0.3) is 55.0 Å². The second-order valence-corrected chi connectivity index (χ2v) is 25.7. The Morgan fingerprint density at radius 2 is 0.808 bits per heavy atom. The van der Waals surface area contributed by atoms with Crippen molar-refractivity contribution >= 4 is 113 Å². The second-order valence-electron chi connectivity index (χ2n) is 23.5. The minimum Gasteiger partial charge on any atom is -0.458 e. The van der Waals surface area contributed by atoms with Crippen molar-refractivity contribution in [3.8, 4) is 34.4 Å². The van der Waals surface area contributed by atoms with Crippen molar-refractivity contribution in [1.82, 2.24) is 9.13 Å². The average Bonchev–Trinajstić information content (AvgIpc) is 3.65. The Bertz CT molecular complexity index is 4250. The number of unbranched alkanes of at least 4 members (excludes halogenated alkanes) is 3. The quantitative estimate of drug-likeness (QED) is 0.121. The maximum Gasteiger partial charge on any atom is 0.253 e. The molecule has 0 bridgehead atoms. The van der Waals surface area contributed by atoms with Crippen LogP contribution in [0.4, 0.5) is 0 Å². The summed E-state index contributed by atoms with van der Waals surface area (Å²) in [5.41, 5.74) is 20.2. The number of hydrogen-bond donors (Lipinski definition) is 0. The molecule has 0 aliphatic carbocycles. The molecule has 0 saturated heterocycles. The Morgan fingerprint density at radius 1 is 0.397 bits per heavy atom. The highest BCUT2D eigenvalue weighted by atomic mass is 32.2. The zero-order valence-electron chi connectivity index (χ0n) is 45.6. The largest absolute Gasteiger partial charge is 0.458 e. The summed E-state index contributed by atoms with van der Waals surface area (Å²) in [6, 6.07) is 61.0. The van der Waals surface area contributed by atoms with Crippen molar-refractivity contribution < 1.29 is 9.47 Å². The van der Waals surface area contributed by atoms with Crippen LogP contribution in [0.1, 0.15) is 102 Å². The molecule has 4 nitrogen and oxygen atoms in total. The van der Waals surface area contributed by atoms with Gasteiger partial charge in [0, 0.05) is 59.3 Å². The van der Waals surface area contributed by atoms with Gasteiger partial charge in [-0.15, -0.1) is 0 Å². The van der Waals surface area contributed by atoms with Gasteiger partial charge in [0.1, 0.15) is 23.0 Å². The third-order valence-corrected chi connectivity index (χ3v) is 19.7. The molecule has 0 atom stereocenters.